The van der Waals surface area contributed by atoms with Gasteiger partial charge in [-0.15, -0.1) is 0 Å². The molecule has 0 aliphatic carbocycles. The van der Waals surface area contributed by atoms with Crippen LogP contribution in [-0.4, -0.2) is 9.55 Å². The third-order valence-electron chi connectivity index (χ3n) is 7.03. The second kappa shape index (κ2) is 10.2. The number of rotatable bonds is 6. The SMILES string of the molecule is CC(C)(C)[C](c1cccc(C(F)(F)F)c1)c1cn(C(c2ccccc2)(c2ccccc2)c2ccccc2)cn1. The molecule has 4 aromatic carbocycles. The summed E-state index contributed by atoms with van der Waals surface area (Å²) in [5.41, 5.74) is 2.37. The van der Waals surface area contributed by atoms with E-state index < -0.39 is 22.7 Å². The van der Waals surface area contributed by atoms with Gasteiger partial charge in [-0.2, -0.15) is 13.2 Å². The molecule has 0 saturated carbocycles. The Morgan fingerprint density at radius 1 is 0.615 bits per heavy atom. The van der Waals surface area contributed by atoms with Gasteiger partial charge in [0.2, 0.25) is 0 Å². The number of imidazole rings is 1. The van der Waals surface area contributed by atoms with Crippen molar-refractivity contribution in [1.29, 1.82) is 0 Å². The monoisotopic (exact) mass is 523 g/mol. The van der Waals surface area contributed by atoms with Crippen LogP contribution in [0.25, 0.3) is 0 Å². The van der Waals surface area contributed by atoms with Gasteiger partial charge in [0.1, 0.15) is 5.54 Å². The molecule has 2 nitrogen and oxygen atoms in total. The van der Waals surface area contributed by atoms with Crippen LogP contribution in [-0.2, 0) is 11.7 Å². The Morgan fingerprint density at radius 3 is 1.51 bits per heavy atom. The first-order valence-electron chi connectivity index (χ1n) is 12.9. The number of alkyl halides is 3. The van der Waals surface area contributed by atoms with Crippen molar-refractivity contribution in [3.05, 3.63) is 167 Å². The predicted molar refractivity (Wildman–Crippen MR) is 149 cm³/mol. The lowest BCUT2D eigenvalue weighted by atomic mass is 9.74. The van der Waals surface area contributed by atoms with Crippen LogP contribution in [0.3, 0.4) is 0 Å². The summed E-state index contributed by atoms with van der Waals surface area (Å²) >= 11 is 0. The maximum atomic E-state index is 13.6. The molecular formula is C34H30F3N2. The van der Waals surface area contributed by atoms with Gasteiger partial charge in [0.15, 0.2) is 0 Å². The van der Waals surface area contributed by atoms with Crippen molar-refractivity contribution in [3.63, 3.8) is 0 Å². The molecule has 5 rings (SSSR count). The molecule has 0 amide bonds. The molecule has 0 aliphatic heterocycles. The minimum Gasteiger partial charge on any atom is -0.319 e. The van der Waals surface area contributed by atoms with E-state index in [0.717, 1.165) is 28.7 Å². The van der Waals surface area contributed by atoms with Crippen LogP contribution in [0.1, 0.15) is 54.3 Å². The number of hydrogen-bond donors (Lipinski definition) is 0. The second-order valence-electron chi connectivity index (χ2n) is 10.7. The van der Waals surface area contributed by atoms with Crippen LogP contribution in [0.2, 0.25) is 0 Å². The highest BCUT2D eigenvalue weighted by Gasteiger charge is 2.40. The van der Waals surface area contributed by atoms with E-state index in [4.69, 9.17) is 4.98 Å². The molecule has 1 radical (unpaired) electrons. The fourth-order valence-corrected chi connectivity index (χ4v) is 5.44. The first-order chi connectivity index (χ1) is 18.6. The molecule has 0 spiro atoms. The van der Waals surface area contributed by atoms with Gasteiger partial charge in [-0.25, -0.2) is 4.98 Å². The van der Waals surface area contributed by atoms with Crippen molar-refractivity contribution < 1.29 is 13.2 Å². The molecule has 5 aromatic rings. The maximum Gasteiger partial charge on any atom is 0.416 e. The summed E-state index contributed by atoms with van der Waals surface area (Å²) in [7, 11) is 0. The van der Waals surface area contributed by atoms with Crippen LogP contribution < -0.4 is 0 Å². The average molecular weight is 524 g/mol. The van der Waals surface area contributed by atoms with E-state index in [1.807, 2.05) is 81.6 Å². The number of benzene rings is 4. The van der Waals surface area contributed by atoms with Crippen LogP contribution in [0.15, 0.2) is 128 Å². The summed E-state index contributed by atoms with van der Waals surface area (Å²) in [5.74, 6) is 0.746. The standard InChI is InChI=1S/C34H30F3N2/c1-32(2,3)31(25-14-13-21-29(22-25)34(35,36)37)30-23-39(24-38-30)33(26-15-7-4-8-16-26,27-17-9-5-10-18-27)28-19-11-6-12-20-28/h4-24H,1-3H3. The van der Waals surface area contributed by atoms with Crippen LogP contribution >= 0.6 is 0 Å². The van der Waals surface area contributed by atoms with E-state index in [1.165, 1.54) is 12.1 Å². The van der Waals surface area contributed by atoms with E-state index >= 15 is 0 Å². The van der Waals surface area contributed by atoms with Gasteiger partial charge in [-0.1, -0.05) is 130 Å². The summed E-state index contributed by atoms with van der Waals surface area (Å²) in [5, 5.41) is 0. The van der Waals surface area contributed by atoms with Crippen molar-refractivity contribution in [3.8, 4) is 0 Å². The summed E-state index contributed by atoms with van der Waals surface area (Å²) in [6, 6.07) is 36.2. The highest BCUT2D eigenvalue weighted by atomic mass is 19.4. The molecule has 0 bridgehead atoms. The molecule has 0 atom stereocenters. The third kappa shape index (κ3) is 5.01. The van der Waals surface area contributed by atoms with Gasteiger partial charge >= 0.3 is 6.18 Å². The number of nitrogens with zero attached hydrogens (tertiary/aromatic N) is 2. The largest absolute Gasteiger partial charge is 0.416 e. The van der Waals surface area contributed by atoms with Gasteiger partial charge in [0.05, 0.1) is 23.5 Å². The van der Waals surface area contributed by atoms with Crippen LogP contribution in [0.5, 0.6) is 0 Å². The Balaban J connectivity index is 1.76. The summed E-state index contributed by atoms with van der Waals surface area (Å²) in [4.78, 5) is 4.84. The predicted octanol–water partition coefficient (Wildman–Crippen LogP) is 8.76. The lowest BCUT2D eigenvalue weighted by Gasteiger charge is -2.37. The van der Waals surface area contributed by atoms with E-state index in [0.29, 0.717) is 11.3 Å². The number of aromatic nitrogens is 2. The van der Waals surface area contributed by atoms with Crippen molar-refractivity contribution >= 4 is 0 Å². The fourth-order valence-electron chi connectivity index (χ4n) is 5.44. The minimum absolute atomic E-state index is 0.474. The molecule has 39 heavy (non-hydrogen) atoms. The lowest BCUT2D eigenvalue weighted by molar-refractivity contribution is -0.137. The zero-order valence-corrected chi connectivity index (χ0v) is 22.2. The first kappa shape index (κ1) is 26.5. The molecule has 0 N–H and O–H groups in total. The zero-order chi connectivity index (χ0) is 27.7. The van der Waals surface area contributed by atoms with Crippen molar-refractivity contribution in [2.24, 2.45) is 5.41 Å². The summed E-state index contributed by atoms with van der Waals surface area (Å²) in [6.07, 6.45) is -0.670. The minimum atomic E-state index is -4.43. The number of hydrogen-bond acceptors (Lipinski definition) is 1. The lowest BCUT2D eigenvalue weighted by Crippen LogP contribution is -2.37. The highest BCUT2D eigenvalue weighted by Crippen LogP contribution is 2.44. The van der Waals surface area contributed by atoms with Crippen LogP contribution in [0, 0.1) is 11.3 Å². The molecule has 0 aliphatic rings. The van der Waals surface area contributed by atoms with E-state index in [1.54, 1.807) is 12.4 Å². The molecule has 5 heteroatoms. The molecule has 0 saturated heterocycles. The van der Waals surface area contributed by atoms with Gasteiger partial charge in [0.25, 0.3) is 0 Å². The molecule has 1 heterocycles. The Hall–Kier alpha value is -4.12. The Morgan fingerprint density at radius 2 is 1.08 bits per heavy atom. The van der Waals surface area contributed by atoms with Crippen molar-refractivity contribution in [1.82, 2.24) is 9.55 Å². The number of halogens is 3. The second-order valence-corrected chi connectivity index (χ2v) is 10.7. The highest BCUT2D eigenvalue weighted by molar-refractivity contribution is 5.52. The van der Waals surface area contributed by atoms with Gasteiger partial charge in [0, 0.05) is 6.20 Å². The molecule has 197 valence electrons. The first-order valence-corrected chi connectivity index (χ1v) is 12.9. The molecular weight excluding hydrogens is 493 g/mol. The third-order valence-corrected chi connectivity index (χ3v) is 7.03. The summed E-state index contributed by atoms with van der Waals surface area (Å²) < 4.78 is 43.0. The zero-order valence-electron chi connectivity index (χ0n) is 22.2. The van der Waals surface area contributed by atoms with E-state index in [9.17, 15) is 13.2 Å². The molecule has 0 unspecified atom stereocenters. The summed E-state index contributed by atoms with van der Waals surface area (Å²) in [6.45, 7) is 6.00. The van der Waals surface area contributed by atoms with E-state index in [2.05, 4.69) is 41.0 Å². The van der Waals surface area contributed by atoms with Gasteiger partial charge in [-0.05, 0) is 33.7 Å². The Labute approximate surface area is 227 Å². The topological polar surface area (TPSA) is 17.8 Å². The molecule has 1 aromatic heterocycles. The molecule has 0 fully saturated rings. The Bertz CT molecular complexity index is 1420. The normalized spacial score (nSPS) is 12.6. The average Bonchev–Trinajstić information content (AvgIpc) is 3.39. The fraction of sp³-hybridized carbons (Fsp3) is 0.176. The Kier molecular flexibility index (Phi) is 6.94. The van der Waals surface area contributed by atoms with Crippen LogP contribution in [0.4, 0.5) is 13.2 Å². The quantitative estimate of drug-likeness (QED) is 0.203. The van der Waals surface area contributed by atoms with Crippen molar-refractivity contribution in [2.45, 2.75) is 32.5 Å². The maximum absolute atomic E-state index is 13.6. The van der Waals surface area contributed by atoms with Gasteiger partial charge < -0.3 is 4.57 Å². The van der Waals surface area contributed by atoms with Crippen molar-refractivity contribution in [2.75, 3.05) is 0 Å². The smallest absolute Gasteiger partial charge is 0.319 e. The van der Waals surface area contributed by atoms with E-state index in [-0.39, 0.29) is 0 Å². The van der Waals surface area contributed by atoms with Gasteiger partial charge in [-0.3, -0.25) is 0 Å².